The Bertz CT molecular complexity index is 416. The molecule has 0 aromatic carbocycles. The van der Waals surface area contributed by atoms with Gasteiger partial charge in [-0.25, -0.2) is 0 Å². The van der Waals surface area contributed by atoms with Gasteiger partial charge in [0.1, 0.15) is 5.78 Å². The maximum atomic E-state index is 12.3. The highest BCUT2D eigenvalue weighted by Crippen LogP contribution is 2.33. The van der Waals surface area contributed by atoms with E-state index < -0.39 is 0 Å². The van der Waals surface area contributed by atoms with Crippen molar-refractivity contribution in [1.29, 1.82) is 0 Å². The van der Waals surface area contributed by atoms with Crippen molar-refractivity contribution in [3.63, 3.8) is 0 Å². The van der Waals surface area contributed by atoms with Crippen molar-refractivity contribution in [2.24, 2.45) is 18.9 Å². The summed E-state index contributed by atoms with van der Waals surface area (Å²) in [5.74, 6) is 1.70. The summed E-state index contributed by atoms with van der Waals surface area (Å²) in [6, 6.07) is 0. The standard InChI is InChI=1S/C17H28N2O/c1-3-4-5-14-6-9-16(10-7-14)17(20)11-8-15-12-18-19(2)13-15/h12-14,16H,3-11H2,1-2H3. The van der Waals surface area contributed by atoms with Crippen molar-refractivity contribution in [2.45, 2.75) is 64.7 Å². The molecule has 0 unspecified atom stereocenters. The topological polar surface area (TPSA) is 34.9 Å². The largest absolute Gasteiger partial charge is 0.299 e. The van der Waals surface area contributed by atoms with Gasteiger partial charge in [-0.2, -0.15) is 5.10 Å². The Morgan fingerprint density at radius 2 is 2.10 bits per heavy atom. The van der Waals surface area contributed by atoms with E-state index in [-0.39, 0.29) is 0 Å². The highest BCUT2D eigenvalue weighted by molar-refractivity contribution is 5.81. The van der Waals surface area contributed by atoms with Crippen molar-refractivity contribution in [2.75, 3.05) is 0 Å². The number of aromatic nitrogens is 2. The predicted molar refractivity (Wildman–Crippen MR) is 81.5 cm³/mol. The lowest BCUT2D eigenvalue weighted by molar-refractivity contribution is -0.124. The van der Waals surface area contributed by atoms with Gasteiger partial charge < -0.3 is 0 Å². The number of rotatable bonds is 7. The molecule has 1 aromatic heterocycles. The van der Waals surface area contributed by atoms with Gasteiger partial charge in [0.25, 0.3) is 0 Å². The first-order valence-electron chi connectivity index (χ1n) is 8.19. The number of unbranched alkanes of at least 4 members (excludes halogenated alkanes) is 1. The van der Waals surface area contributed by atoms with E-state index in [0.29, 0.717) is 18.1 Å². The molecule has 0 saturated heterocycles. The molecule has 1 aliphatic rings. The minimum absolute atomic E-state index is 0.338. The van der Waals surface area contributed by atoms with Gasteiger partial charge in [-0.3, -0.25) is 9.48 Å². The Morgan fingerprint density at radius 1 is 1.35 bits per heavy atom. The third kappa shape index (κ3) is 4.46. The highest BCUT2D eigenvalue weighted by atomic mass is 16.1. The van der Waals surface area contributed by atoms with Crippen molar-refractivity contribution in [1.82, 2.24) is 9.78 Å². The van der Waals surface area contributed by atoms with E-state index in [1.165, 1.54) is 37.7 Å². The lowest BCUT2D eigenvalue weighted by atomic mass is 9.77. The first kappa shape index (κ1) is 15.3. The number of hydrogen-bond donors (Lipinski definition) is 0. The van der Waals surface area contributed by atoms with Crippen LogP contribution in [0.3, 0.4) is 0 Å². The molecule has 0 spiro atoms. The van der Waals surface area contributed by atoms with Gasteiger partial charge in [-0.1, -0.05) is 26.2 Å². The minimum atomic E-state index is 0.338. The molecule has 1 aromatic rings. The number of Topliss-reactive ketones (excluding diaryl/α,β-unsaturated/α-hetero) is 1. The maximum absolute atomic E-state index is 12.3. The average Bonchev–Trinajstić information content (AvgIpc) is 2.89. The summed E-state index contributed by atoms with van der Waals surface area (Å²) in [6.07, 6.45) is 14.2. The summed E-state index contributed by atoms with van der Waals surface area (Å²) < 4.78 is 1.80. The molecule has 1 fully saturated rings. The molecule has 112 valence electrons. The van der Waals surface area contributed by atoms with E-state index in [1.54, 1.807) is 4.68 Å². The molecule has 3 nitrogen and oxygen atoms in total. The van der Waals surface area contributed by atoms with Crippen LogP contribution in [-0.2, 0) is 18.3 Å². The van der Waals surface area contributed by atoms with Gasteiger partial charge in [0, 0.05) is 25.6 Å². The zero-order valence-electron chi connectivity index (χ0n) is 13.0. The molecule has 1 saturated carbocycles. The number of ketones is 1. The van der Waals surface area contributed by atoms with Gasteiger partial charge in [0.2, 0.25) is 0 Å². The number of carbonyl (C=O) groups is 1. The zero-order chi connectivity index (χ0) is 14.4. The maximum Gasteiger partial charge on any atom is 0.136 e. The van der Waals surface area contributed by atoms with E-state index in [4.69, 9.17) is 0 Å². The van der Waals surface area contributed by atoms with E-state index in [9.17, 15) is 4.79 Å². The Labute approximate surface area is 122 Å². The van der Waals surface area contributed by atoms with Gasteiger partial charge in [0.05, 0.1) is 6.20 Å². The molecule has 20 heavy (non-hydrogen) atoms. The molecule has 0 bridgehead atoms. The Hall–Kier alpha value is -1.12. The first-order chi connectivity index (χ1) is 9.69. The quantitative estimate of drug-likeness (QED) is 0.756. The second kappa shape index (κ2) is 7.61. The van der Waals surface area contributed by atoms with Crippen molar-refractivity contribution < 1.29 is 4.79 Å². The van der Waals surface area contributed by atoms with Crippen LogP contribution >= 0.6 is 0 Å². The van der Waals surface area contributed by atoms with Gasteiger partial charge in [-0.05, 0) is 43.6 Å². The van der Waals surface area contributed by atoms with Crippen LogP contribution in [-0.4, -0.2) is 15.6 Å². The predicted octanol–water partition coefficient (Wildman–Crippen LogP) is 3.92. The van der Waals surface area contributed by atoms with Crippen molar-refractivity contribution >= 4 is 5.78 Å². The fraction of sp³-hybridized carbons (Fsp3) is 0.765. The fourth-order valence-corrected chi connectivity index (χ4v) is 3.34. The van der Waals surface area contributed by atoms with Crippen molar-refractivity contribution in [3.05, 3.63) is 18.0 Å². The summed E-state index contributed by atoms with van der Waals surface area (Å²) in [5.41, 5.74) is 1.18. The Balaban J connectivity index is 1.69. The minimum Gasteiger partial charge on any atom is -0.299 e. The smallest absolute Gasteiger partial charge is 0.136 e. The van der Waals surface area contributed by atoms with Crippen LogP contribution < -0.4 is 0 Å². The number of nitrogens with zero attached hydrogens (tertiary/aromatic N) is 2. The van der Waals surface area contributed by atoms with E-state index >= 15 is 0 Å². The lowest BCUT2D eigenvalue weighted by Crippen LogP contribution is -2.22. The second-order valence-corrected chi connectivity index (χ2v) is 6.35. The average molecular weight is 276 g/mol. The SMILES string of the molecule is CCCCC1CCC(C(=O)CCc2cnn(C)c2)CC1. The molecule has 0 N–H and O–H groups in total. The third-order valence-corrected chi connectivity index (χ3v) is 4.69. The molecule has 0 aliphatic heterocycles. The van der Waals surface area contributed by atoms with Crippen LogP contribution in [0.15, 0.2) is 12.4 Å². The van der Waals surface area contributed by atoms with Crippen LogP contribution in [0.2, 0.25) is 0 Å². The lowest BCUT2D eigenvalue weighted by Gasteiger charge is -2.27. The summed E-state index contributed by atoms with van der Waals surface area (Å²) in [4.78, 5) is 12.3. The number of carbonyl (C=O) groups excluding carboxylic acids is 1. The summed E-state index contributed by atoms with van der Waals surface area (Å²) >= 11 is 0. The fourth-order valence-electron chi connectivity index (χ4n) is 3.34. The number of aryl methyl sites for hydroxylation is 2. The normalized spacial score (nSPS) is 22.9. The van der Waals surface area contributed by atoms with Crippen LogP contribution in [0, 0.1) is 11.8 Å². The van der Waals surface area contributed by atoms with Gasteiger partial charge in [-0.15, -0.1) is 0 Å². The van der Waals surface area contributed by atoms with E-state index in [0.717, 1.165) is 25.2 Å². The molecule has 0 amide bonds. The summed E-state index contributed by atoms with van der Waals surface area (Å²) in [6.45, 7) is 2.26. The summed E-state index contributed by atoms with van der Waals surface area (Å²) in [5, 5.41) is 4.15. The molecule has 2 rings (SSSR count). The molecule has 1 heterocycles. The van der Waals surface area contributed by atoms with Gasteiger partial charge >= 0.3 is 0 Å². The zero-order valence-corrected chi connectivity index (χ0v) is 13.0. The molecular weight excluding hydrogens is 248 g/mol. The highest BCUT2D eigenvalue weighted by Gasteiger charge is 2.25. The van der Waals surface area contributed by atoms with Gasteiger partial charge in [0.15, 0.2) is 0 Å². The second-order valence-electron chi connectivity index (χ2n) is 6.35. The monoisotopic (exact) mass is 276 g/mol. The van der Waals surface area contributed by atoms with Crippen LogP contribution in [0.25, 0.3) is 0 Å². The van der Waals surface area contributed by atoms with Crippen LogP contribution in [0.4, 0.5) is 0 Å². The van der Waals surface area contributed by atoms with Crippen LogP contribution in [0.1, 0.15) is 63.9 Å². The Kier molecular flexibility index (Phi) is 5.81. The number of hydrogen-bond acceptors (Lipinski definition) is 2. The first-order valence-corrected chi connectivity index (χ1v) is 8.19. The van der Waals surface area contributed by atoms with E-state index in [2.05, 4.69) is 12.0 Å². The molecule has 0 radical (unpaired) electrons. The molecule has 1 aliphatic carbocycles. The third-order valence-electron chi connectivity index (χ3n) is 4.69. The van der Waals surface area contributed by atoms with Crippen molar-refractivity contribution in [3.8, 4) is 0 Å². The molecule has 3 heteroatoms. The summed E-state index contributed by atoms with van der Waals surface area (Å²) in [7, 11) is 1.92. The molecule has 0 atom stereocenters. The Morgan fingerprint density at radius 3 is 2.70 bits per heavy atom. The van der Waals surface area contributed by atoms with Crippen LogP contribution in [0.5, 0.6) is 0 Å². The van der Waals surface area contributed by atoms with E-state index in [1.807, 2.05) is 19.4 Å². The molecular formula is C17H28N2O.